The smallest absolute Gasteiger partial charge is 0.240 e. The number of nitrogens with one attached hydrogen (secondary N) is 1. The van der Waals surface area contributed by atoms with Gasteiger partial charge in [0.25, 0.3) is 0 Å². The summed E-state index contributed by atoms with van der Waals surface area (Å²) in [6.07, 6.45) is 7.00. The Bertz CT molecular complexity index is 271. The van der Waals surface area contributed by atoms with Gasteiger partial charge >= 0.3 is 0 Å². The van der Waals surface area contributed by atoms with Gasteiger partial charge in [-0.25, -0.2) is 0 Å². The first-order valence-electron chi connectivity index (χ1n) is 6.60. The van der Waals surface area contributed by atoms with Crippen molar-refractivity contribution in [2.24, 2.45) is 17.6 Å². The molecule has 3 heteroatoms. The van der Waals surface area contributed by atoms with Crippen LogP contribution in [0.2, 0.25) is 0 Å². The summed E-state index contributed by atoms with van der Waals surface area (Å²) in [5, 5.41) is 3.15. The van der Waals surface area contributed by atoms with Crippen molar-refractivity contribution in [2.45, 2.75) is 64.0 Å². The summed E-state index contributed by atoms with van der Waals surface area (Å²) in [5.41, 5.74) is 5.47. The van der Waals surface area contributed by atoms with Crippen molar-refractivity contribution >= 4 is 5.91 Å². The van der Waals surface area contributed by atoms with Crippen LogP contribution in [0.25, 0.3) is 0 Å². The van der Waals surface area contributed by atoms with Gasteiger partial charge in [-0.05, 0) is 44.4 Å². The molecule has 2 rings (SSSR count). The average molecular weight is 224 g/mol. The predicted octanol–water partition coefficient (Wildman–Crippen LogP) is 1.81. The second-order valence-electron chi connectivity index (χ2n) is 6.00. The van der Waals surface area contributed by atoms with Gasteiger partial charge in [0.15, 0.2) is 0 Å². The fourth-order valence-corrected chi connectivity index (χ4v) is 2.77. The second kappa shape index (κ2) is 4.36. The van der Waals surface area contributed by atoms with Gasteiger partial charge in [0, 0.05) is 6.04 Å². The normalized spacial score (nSPS) is 34.2. The van der Waals surface area contributed by atoms with Crippen molar-refractivity contribution < 1.29 is 4.79 Å². The Morgan fingerprint density at radius 2 is 2.00 bits per heavy atom. The SMILES string of the molecule is CC1CCCC(NC(=O)C(C)(N)C2CC2)C1. The zero-order valence-electron chi connectivity index (χ0n) is 10.5. The lowest BCUT2D eigenvalue weighted by Crippen LogP contribution is -2.56. The first-order chi connectivity index (χ1) is 7.50. The molecule has 3 unspecified atom stereocenters. The molecular weight excluding hydrogens is 200 g/mol. The molecule has 3 N–H and O–H groups in total. The van der Waals surface area contributed by atoms with Crippen LogP contribution in [0.3, 0.4) is 0 Å². The Morgan fingerprint density at radius 3 is 2.56 bits per heavy atom. The highest BCUT2D eigenvalue weighted by atomic mass is 16.2. The highest BCUT2D eigenvalue weighted by Gasteiger charge is 2.44. The van der Waals surface area contributed by atoms with Gasteiger partial charge in [-0.3, -0.25) is 4.79 Å². The van der Waals surface area contributed by atoms with Gasteiger partial charge in [0.05, 0.1) is 5.54 Å². The Kier molecular flexibility index (Phi) is 3.24. The largest absolute Gasteiger partial charge is 0.352 e. The summed E-state index contributed by atoms with van der Waals surface area (Å²) in [6.45, 7) is 4.15. The van der Waals surface area contributed by atoms with Crippen LogP contribution >= 0.6 is 0 Å². The average Bonchev–Trinajstić information content (AvgIpc) is 3.00. The van der Waals surface area contributed by atoms with E-state index in [4.69, 9.17) is 5.73 Å². The number of nitrogens with two attached hydrogens (primary N) is 1. The number of carbonyl (C=O) groups excluding carboxylic acids is 1. The molecule has 3 atom stereocenters. The standard InChI is InChI=1S/C13H24N2O/c1-9-4-3-5-11(8-9)15-12(16)13(2,14)10-6-7-10/h9-11H,3-8,14H2,1-2H3,(H,15,16). The van der Waals surface area contributed by atoms with Crippen molar-refractivity contribution in [3.05, 3.63) is 0 Å². The molecule has 2 saturated carbocycles. The Labute approximate surface area is 98.2 Å². The fourth-order valence-electron chi connectivity index (χ4n) is 2.77. The number of amides is 1. The first-order valence-corrected chi connectivity index (χ1v) is 6.60. The molecule has 0 radical (unpaired) electrons. The molecule has 0 aromatic carbocycles. The van der Waals surface area contributed by atoms with Crippen molar-refractivity contribution in [2.75, 3.05) is 0 Å². The van der Waals surface area contributed by atoms with Gasteiger partial charge in [-0.2, -0.15) is 0 Å². The van der Waals surface area contributed by atoms with Crippen molar-refractivity contribution in [1.29, 1.82) is 0 Å². The molecule has 1 amide bonds. The highest BCUT2D eigenvalue weighted by molar-refractivity contribution is 5.86. The number of rotatable bonds is 3. The molecule has 0 aromatic rings. The van der Waals surface area contributed by atoms with Gasteiger partial charge in [0.2, 0.25) is 5.91 Å². The molecule has 2 fully saturated rings. The Morgan fingerprint density at radius 1 is 1.31 bits per heavy atom. The van der Waals surface area contributed by atoms with Crippen LogP contribution < -0.4 is 11.1 Å². The van der Waals surface area contributed by atoms with Crippen LogP contribution in [-0.4, -0.2) is 17.5 Å². The molecule has 0 heterocycles. The number of hydrogen-bond donors (Lipinski definition) is 2. The van der Waals surface area contributed by atoms with E-state index >= 15 is 0 Å². The zero-order chi connectivity index (χ0) is 11.8. The molecule has 2 aliphatic carbocycles. The van der Waals surface area contributed by atoms with Gasteiger partial charge in [0.1, 0.15) is 0 Å². The maximum Gasteiger partial charge on any atom is 0.240 e. The zero-order valence-corrected chi connectivity index (χ0v) is 10.5. The van der Waals surface area contributed by atoms with E-state index in [1.54, 1.807) is 0 Å². The van der Waals surface area contributed by atoms with Crippen LogP contribution in [0.4, 0.5) is 0 Å². The summed E-state index contributed by atoms with van der Waals surface area (Å²) >= 11 is 0. The maximum absolute atomic E-state index is 12.1. The minimum Gasteiger partial charge on any atom is -0.352 e. The van der Waals surface area contributed by atoms with E-state index in [1.807, 2.05) is 6.92 Å². The lowest BCUT2D eigenvalue weighted by molar-refractivity contribution is -0.127. The van der Waals surface area contributed by atoms with E-state index in [0.717, 1.165) is 31.6 Å². The molecule has 0 bridgehead atoms. The fraction of sp³-hybridized carbons (Fsp3) is 0.923. The van der Waals surface area contributed by atoms with E-state index in [1.165, 1.54) is 12.8 Å². The molecule has 16 heavy (non-hydrogen) atoms. The van der Waals surface area contributed by atoms with Crippen molar-refractivity contribution in [3.63, 3.8) is 0 Å². The van der Waals surface area contributed by atoms with E-state index in [-0.39, 0.29) is 5.91 Å². The third kappa shape index (κ3) is 2.57. The molecule has 0 spiro atoms. The molecule has 2 aliphatic rings. The summed E-state index contributed by atoms with van der Waals surface area (Å²) in [4.78, 5) is 12.1. The second-order valence-corrected chi connectivity index (χ2v) is 6.00. The Hall–Kier alpha value is -0.570. The van der Waals surface area contributed by atoms with Crippen LogP contribution in [0.15, 0.2) is 0 Å². The first kappa shape index (κ1) is 11.9. The minimum atomic E-state index is -0.638. The van der Waals surface area contributed by atoms with Crippen LogP contribution in [0.5, 0.6) is 0 Å². The number of hydrogen-bond acceptors (Lipinski definition) is 2. The third-order valence-corrected chi connectivity index (χ3v) is 4.19. The summed E-state index contributed by atoms with van der Waals surface area (Å²) in [6, 6.07) is 0.359. The molecule has 92 valence electrons. The van der Waals surface area contributed by atoms with E-state index in [2.05, 4.69) is 12.2 Å². The molecule has 0 saturated heterocycles. The van der Waals surface area contributed by atoms with Crippen LogP contribution in [0.1, 0.15) is 52.4 Å². The van der Waals surface area contributed by atoms with Gasteiger partial charge < -0.3 is 11.1 Å². The highest BCUT2D eigenvalue weighted by Crippen LogP contribution is 2.38. The molecule has 0 aliphatic heterocycles. The Balaban J connectivity index is 1.86. The molecular formula is C13H24N2O. The van der Waals surface area contributed by atoms with E-state index in [0.29, 0.717) is 12.0 Å². The summed E-state index contributed by atoms with van der Waals surface area (Å²) in [7, 11) is 0. The van der Waals surface area contributed by atoms with Crippen molar-refractivity contribution in [3.8, 4) is 0 Å². The van der Waals surface area contributed by atoms with E-state index in [9.17, 15) is 4.79 Å². The third-order valence-electron chi connectivity index (χ3n) is 4.19. The van der Waals surface area contributed by atoms with Crippen LogP contribution in [0, 0.1) is 11.8 Å². The lowest BCUT2D eigenvalue weighted by Gasteiger charge is -2.31. The minimum absolute atomic E-state index is 0.0640. The predicted molar refractivity (Wildman–Crippen MR) is 64.9 cm³/mol. The summed E-state index contributed by atoms with van der Waals surface area (Å²) < 4.78 is 0. The van der Waals surface area contributed by atoms with Crippen molar-refractivity contribution in [1.82, 2.24) is 5.32 Å². The molecule has 0 aromatic heterocycles. The van der Waals surface area contributed by atoms with Crippen LogP contribution in [-0.2, 0) is 4.79 Å². The summed E-state index contributed by atoms with van der Waals surface area (Å²) in [5.74, 6) is 1.21. The monoisotopic (exact) mass is 224 g/mol. The maximum atomic E-state index is 12.1. The van der Waals surface area contributed by atoms with Gasteiger partial charge in [-0.1, -0.05) is 19.8 Å². The van der Waals surface area contributed by atoms with Gasteiger partial charge in [-0.15, -0.1) is 0 Å². The number of carbonyl (C=O) groups is 1. The van der Waals surface area contributed by atoms with E-state index < -0.39 is 5.54 Å². The lowest BCUT2D eigenvalue weighted by atomic mass is 9.86. The quantitative estimate of drug-likeness (QED) is 0.768. The molecule has 3 nitrogen and oxygen atoms in total. The topological polar surface area (TPSA) is 55.1 Å².